The van der Waals surface area contributed by atoms with E-state index >= 15 is 0 Å². The number of ether oxygens (including phenoxy) is 1. The molecule has 1 aliphatic heterocycles. The van der Waals surface area contributed by atoms with Crippen LogP contribution in [-0.4, -0.2) is 48.3 Å². The summed E-state index contributed by atoms with van der Waals surface area (Å²) >= 11 is 1.65. The minimum atomic E-state index is -0.999. The Morgan fingerprint density at radius 2 is 2.23 bits per heavy atom. The second-order valence-electron chi connectivity index (χ2n) is 4.90. The van der Waals surface area contributed by atoms with Crippen LogP contribution >= 0.6 is 11.8 Å². The van der Waals surface area contributed by atoms with E-state index in [4.69, 9.17) is 4.74 Å². The Balaban J connectivity index is 2.00. The number of thioether (sulfide) groups is 1. The van der Waals surface area contributed by atoms with Crippen molar-refractivity contribution in [2.45, 2.75) is 18.8 Å². The van der Waals surface area contributed by atoms with Crippen LogP contribution in [0.2, 0.25) is 0 Å². The van der Waals surface area contributed by atoms with Crippen LogP contribution in [0.25, 0.3) is 0 Å². The van der Waals surface area contributed by atoms with Crippen molar-refractivity contribution >= 4 is 29.7 Å². The Hall–Kier alpha value is -2.02. The fourth-order valence-corrected chi connectivity index (χ4v) is 2.65. The molecule has 1 fully saturated rings. The number of urea groups is 1. The minimum Gasteiger partial charge on any atom is -0.449 e. The molecule has 118 valence electrons. The lowest BCUT2D eigenvalue weighted by molar-refractivity contribution is -0.136. The summed E-state index contributed by atoms with van der Waals surface area (Å²) < 4.78 is 5.18. The SMILES string of the molecule is CSCc1cccc(C(=O)OC(C)C(=O)N2CCNC2=O)c1. The highest BCUT2D eigenvalue weighted by Crippen LogP contribution is 2.13. The maximum absolute atomic E-state index is 12.1. The molecule has 3 amide bonds. The van der Waals surface area contributed by atoms with Gasteiger partial charge >= 0.3 is 12.0 Å². The average molecular weight is 322 g/mol. The molecule has 0 bridgehead atoms. The van der Waals surface area contributed by atoms with Crippen LogP contribution in [0.5, 0.6) is 0 Å². The third-order valence-corrected chi connectivity index (χ3v) is 3.85. The molecule has 1 unspecified atom stereocenters. The van der Waals surface area contributed by atoms with Crippen molar-refractivity contribution in [2.75, 3.05) is 19.3 Å². The maximum atomic E-state index is 12.1. The molecule has 2 rings (SSSR count). The number of amides is 3. The van der Waals surface area contributed by atoms with Crippen molar-refractivity contribution in [1.29, 1.82) is 0 Å². The van der Waals surface area contributed by atoms with Crippen LogP contribution in [-0.2, 0) is 15.3 Å². The van der Waals surface area contributed by atoms with E-state index < -0.39 is 24.0 Å². The molecule has 1 N–H and O–H groups in total. The number of esters is 1. The van der Waals surface area contributed by atoms with E-state index in [9.17, 15) is 14.4 Å². The predicted octanol–water partition coefficient (Wildman–Crippen LogP) is 1.65. The number of hydrogen-bond acceptors (Lipinski definition) is 5. The fraction of sp³-hybridized carbons (Fsp3) is 0.400. The van der Waals surface area contributed by atoms with Gasteiger partial charge in [-0.2, -0.15) is 11.8 Å². The van der Waals surface area contributed by atoms with Crippen molar-refractivity contribution in [1.82, 2.24) is 10.2 Å². The summed E-state index contributed by atoms with van der Waals surface area (Å²) in [6, 6.07) is 6.65. The molecule has 0 radical (unpaired) electrons. The van der Waals surface area contributed by atoms with Crippen molar-refractivity contribution in [3.8, 4) is 0 Å². The summed E-state index contributed by atoms with van der Waals surface area (Å²) in [6.45, 7) is 2.18. The number of imide groups is 1. The first-order valence-electron chi connectivity index (χ1n) is 6.91. The van der Waals surface area contributed by atoms with Gasteiger partial charge in [-0.25, -0.2) is 9.59 Å². The Morgan fingerprint density at radius 1 is 1.45 bits per heavy atom. The highest BCUT2D eigenvalue weighted by molar-refractivity contribution is 7.97. The molecule has 1 atom stereocenters. The fourth-order valence-electron chi connectivity index (χ4n) is 2.14. The van der Waals surface area contributed by atoms with Gasteiger partial charge in [0.15, 0.2) is 6.10 Å². The van der Waals surface area contributed by atoms with Gasteiger partial charge in [0.05, 0.1) is 5.56 Å². The molecule has 22 heavy (non-hydrogen) atoms. The van der Waals surface area contributed by atoms with Crippen LogP contribution in [0.15, 0.2) is 24.3 Å². The standard InChI is InChI=1S/C15H18N2O4S/c1-10(13(18)17-7-6-16-15(17)20)21-14(19)12-5-3-4-11(8-12)9-22-2/h3-5,8,10H,6-7,9H2,1-2H3,(H,16,20). The number of nitrogens with zero attached hydrogens (tertiary/aromatic N) is 1. The van der Waals surface area contributed by atoms with Gasteiger partial charge in [0.25, 0.3) is 5.91 Å². The molecule has 1 aliphatic rings. The largest absolute Gasteiger partial charge is 0.449 e. The minimum absolute atomic E-state index is 0.294. The zero-order valence-corrected chi connectivity index (χ0v) is 13.3. The smallest absolute Gasteiger partial charge is 0.338 e. The van der Waals surface area contributed by atoms with E-state index in [1.165, 1.54) is 6.92 Å². The summed E-state index contributed by atoms with van der Waals surface area (Å²) in [5.41, 5.74) is 1.41. The highest BCUT2D eigenvalue weighted by Gasteiger charge is 2.31. The third kappa shape index (κ3) is 3.79. The first-order chi connectivity index (χ1) is 10.5. The summed E-state index contributed by atoms with van der Waals surface area (Å²) in [5.74, 6) is -0.282. The monoisotopic (exact) mass is 322 g/mol. The Kier molecular flexibility index (Phi) is 5.43. The van der Waals surface area contributed by atoms with E-state index in [-0.39, 0.29) is 0 Å². The zero-order chi connectivity index (χ0) is 16.1. The highest BCUT2D eigenvalue weighted by atomic mass is 32.2. The zero-order valence-electron chi connectivity index (χ0n) is 12.5. The summed E-state index contributed by atoms with van der Waals surface area (Å²) in [5, 5.41) is 2.54. The molecule has 0 aromatic heterocycles. The topological polar surface area (TPSA) is 75.7 Å². The molecule has 0 saturated carbocycles. The first kappa shape index (κ1) is 16.4. The average Bonchev–Trinajstić information content (AvgIpc) is 2.93. The van der Waals surface area contributed by atoms with Crippen molar-refractivity contribution in [3.63, 3.8) is 0 Å². The number of rotatable bonds is 5. The number of carbonyl (C=O) groups excluding carboxylic acids is 3. The van der Waals surface area contributed by atoms with E-state index in [1.54, 1.807) is 30.0 Å². The molecule has 1 aromatic carbocycles. The van der Waals surface area contributed by atoms with Gasteiger partial charge in [0.2, 0.25) is 0 Å². The molecular formula is C15H18N2O4S. The van der Waals surface area contributed by atoms with Crippen molar-refractivity contribution in [2.24, 2.45) is 0 Å². The lowest BCUT2D eigenvalue weighted by Crippen LogP contribution is -2.41. The maximum Gasteiger partial charge on any atom is 0.338 e. The number of carbonyl (C=O) groups is 3. The molecule has 6 nitrogen and oxygen atoms in total. The first-order valence-corrected chi connectivity index (χ1v) is 8.30. The Labute approximate surface area is 133 Å². The van der Waals surface area contributed by atoms with Gasteiger partial charge in [-0.15, -0.1) is 0 Å². The lowest BCUT2D eigenvalue weighted by Gasteiger charge is -2.18. The molecule has 0 aliphatic carbocycles. The van der Waals surface area contributed by atoms with E-state index in [1.807, 2.05) is 12.3 Å². The van der Waals surface area contributed by atoms with Gasteiger partial charge in [0.1, 0.15) is 0 Å². The van der Waals surface area contributed by atoms with Crippen LogP contribution in [0.3, 0.4) is 0 Å². The summed E-state index contributed by atoms with van der Waals surface area (Å²) in [7, 11) is 0. The van der Waals surface area contributed by atoms with Gasteiger partial charge in [-0.1, -0.05) is 12.1 Å². The van der Waals surface area contributed by atoms with Crippen LogP contribution < -0.4 is 5.32 Å². The Morgan fingerprint density at radius 3 is 2.86 bits per heavy atom. The molecule has 1 aromatic rings. The van der Waals surface area contributed by atoms with Gasteiger partial charge < -0.3 is 10.1 Å². The second kappa shape index (κ2) is 7.31. The summed E-state index contributed by atoms with van der Waals surface area (Å²) in [4.78, 5) is 36.7. The normalized spacial score (nSPS) is 15.4. The molecule has 0 spiro atoms. The predicted molar refractivity (Wildman–Crippen MR) is 83.7 cm³/mol. The van der Waals surface area contributed by atoms with Crippen molar-refractivity contribution < 1.29 is 19.1 Å². The molecule has 7 heteroatoms. The molecule has 1 saturated heterocycles. The van der Waals surface area contributed by atoms with Crippen LogP contribution in [0.4, 0.5) is 4.79 Å². The Bertz CT molecular complexity index is 591. The number of nitrogens with one attached hydrogen (secondary N) is 1. The number of benzene rings is 1. The van der Waals surface area contributed by atoms with Gasteiger partial charge in [0, 0.05) is 18.8 Å². The molecular weight excluding hydrogens is 304 g/mol. The second-order valence-corrected chi connectivity index (χ2v) is 5.77. The summed E-state index contributed by atoms with van der Waals surface area (Å²) in [6.07, 6.45) is 0.980. The lowest BCUT2D eigenvalue weighted by atomic mass is 10.1. The van der Waals surface area contributed by atoms with Crippen molar-refractivity contribution in [3.05, 3.63) is 35.4 Å². The van der Waals surface area contributed by atoms with Crippen LogP contribution in [0, 0.1) is 0 Å². The third-order valence-electron chi connectivity index (χ3n) is 3.23. The van der Waals surface area contributed by atoms with E-state index in [2.05, 4.69) is 5.32 Å². The number of hydrogen-bond donors (Lipinski definition) is 1. The molecule has 1 heterocycles. The quantitative estimate of drug-likeness (QED) is 0.834. The van der Waals surface area contributed by atoms with E-state index in [0.717, 1.165) is 16.2 Å². The van der Waals surface area contributed by atoms with Gasteiger partial charge in [-0.05, 0) is 30.9 Å². The van der Waals surface area contributed by atoms with Gasteiger partial charge in [-0.3, -0.25) is 9.69 Å². The van der Waals surface area contributed by atoms with E-state index in [0.29, 0.717) is 18.7 Å². The van der Waals surface area contributed by atoms with Crippen LogP contribution in [0.1, 0.15) is 22.8 Å².